The number of rotatable bonds is 2. The molecule has 20 heavy (non-hydrogen) atoms. The van der Waals surface area contributed by atoms with Crippen LogP contribution in [0.1, 0.15) is 28.4 Å². The molecule has 0 bridgehead atoms. The SMILES string of the molecule is CC1Cc2cc(C(=O)c3cc(Br)ccc3F)ccc2O1. The topological polar surface area (TPSA) is 26.3 Å². The summed E-state index contributed by atoms with van der Waals surface area (Å²) in [5.41, 5.74) is 1.56. The van der Waals surface area contributed by atoms with Crippen LogP contribution in [0.3, 0.4) is 0 Å². The quantitative estimate of drug-likeness (QED) is 0.771. The van der Waals surface area contributed by atoms with Crippen molar-refractivity contribution in [3.8, 4) is 5.75 Å². The zero-order valence-corrected chi connectivity index (χ0v) is 12.4. The lowest BCUT2D eigenvalue weighted by Crippen LogP contribution is -2.05. The van der Waals surface area contributed by atoms with E-state index in [0.717, 1.165) is 17.7 Å². The van der Waals surface area contributed by atoms with Gasteiger partial charge in [-0.05, 0) is 48.9 Å². The molecule has 4 heteroatoms. The van der Waals surface area contributed by atoms with Crippen molar-refractivity contribution in [1.29, 1.82) is 0 Å². The first-order valence-corrected chi connectivity index (χ1v) is 7.13. The summed E-state index contributed by atoms with van der Waals surface area (Å²) < 4.78 is 20.1. The third kappa shape index (κ3) is 2.36. The van der Waals surface area contributed by atoms with Crippen LogP contribution in [-0.2, 0) is 6.42 Å². The first-order chi connectivity index (χ1) is 9.54. The average molecular weight is 335 g/mol. The highest BCUT2D eigenvalue weighted by Gasteiger charge is 2.21. The fourth-order valence-corrected chi connectivity index (χ4v) is 2.75. The summed E-state index contributed by atoms with van der Waals surface area (Å²) >= 11 is 3.26. The Balaban J connectivity index is 1.99. The van der Waals surface area contributed by atoms with Gasteiger partial charge in [0, 0.05) is 16.5 Å². The number of carbonyl (C=O) groups excluding carboxylic acids is 1. The number of carbonyl (C=O) groups is 1. The molecule has 1 aliphatic rings. The Labute approximate surface area is 124 Å². The lowest BCUT2D eigenvalue weighted by molar-refractivity contribution is 0.103. The van der Waals surface area contributed by atoms with Gasteiger partial charge in [0.2, 0.25) is 0 Å². The number of hydrogen-bond acceptors (Lipinski definition) is 2. The fourth-order valence-electron chi connectivity index (χ4n) is 2.39. The summed E-state index contributed by atoms with van der Waals surface area (Å²) in [6.45, 7) is 1.98. The summed E-state index contributed by atoms with van der Waals surface area (Å²) in [6, 6.07) is 9.62. The molecule has 0 amide bonds. The highest BCUT2D eigenvalue weighted by atomic mass is 79.9. The second-order valence-electron chi connectivity index (χ2n) is 4.91. The highest BCUT2D eigenvalue weighted by Crippen LogP contribution is 2.30. The van der Waals surface area contributed by atoms with E-state index in [4.69, 9.17) is 4.74 Å². The predicted octanol–water partition coefficient (Wildman–Crippen LogP) is 4.14. The molecule has 2 nitrogen and oxygen atoms in total. The zero-order chi connectivity index (χ0) is 14.3. The van der Waals surface area contributed by atoms with Crippen LogP contribution < -0.4 is 4.74 Å². The molecule has 0 saturated heterocycles. The molecule has 0 saturated carbocycles. The van der Waals surface area contributed by atoms with Crippen molar-refractivity contribution in [2.75, 3.05) is 0 Å². The molecule has 3 rings (SSSR count). The number of hydrogen-bond donors (Lipinski definition) is 0. The van der Waals surface area contributed by atoms with Crippen molar-refractivity contribution < 1.29 is 13.9 Å². The van der Waals surface area contributed by atoms with E-state index in [1.807, 2.05) is 6.92 Å². The Morgan fingerprint density at radius 1 is 1.30 bits per heavy atom. The molecule has 1 atom stereocenters. The van der Waals surface area contributed by atoms with Crippen molar-refractivity contribution in [3.05, 3.63) is 63.4 Å². The van der Waals surface area contributed by atoms with Crippen LogP contribution in [0.5, 0.6) is 5.75 Å². The maximum absolute atomic E-state index is 13.8. The number of halogens is 2. The van der Waals surface area contributed by atoms with E-state index in [1.165, 1.54) is 12.1 Å². The van der Waals surface area contributed by atoms with E-state index in [0.29, 0.717) is 10.0 Å². The van der Waals surface area contributed by atoms with E-state index in [2.05, 4.69) is 15.9 Å². The van der Waals surface area contributed by atoms with Gasteiger partial charge in [-0.15, -0.1) is 0 Å². The fraction of sp³-hybridized carbons (Fsp3) is 0.188. The molecule has 0 N–H and O–H groups in total. The van der Waals surface area contributed by atoms with Crippen LogP contribution in [0, 0.1) is 5.82 Å². The smallest absolute Gasteiger partial charge is 0.196 e. The van der Waals surface area contributed by atoms with Crippen molar-refractivity contribution in [1.82, 2.24) is 0 Å². The van der Waals surface area contributed by atoms with Crippen LogP contribution >= 0.6 is 15.9 Å². The van der Waals surface area contributed by atoms with E-state index < -0.39 is 5.82 Å². The lowest BCUT2D eigenvalue weighted by Gasteiger charge is -2.05. The zero-order valence-electron chi connectivity index (χ0n) is 10.8. The molecular formula is C16H12BrFO2. The normalized spacial score (nSPS) is 16.6. The number of fused-ring (bicyclic) bond motifs is 1. The largest absolute Gasteiger partial charge is 0.490 e. The van der Waals surface area contributed by atoms with Crippen LogP contribution in [-0.4, -0.2) is 11.9 Å². The van der Waals surface area contributed by atoms with Crippen LogP contribution in [0.2, 0.25) is 0 Å². The predicted molar refractivity (Wildman–Crippen MR) is 77.8 cm³/mol. The molecule has 0 aromatic heterocycles. The van der Waals surface area contributed by atoms with E-state index in [1.54, 1.807) is 24.3 Å². The third-order valence-corrected chi connectivity index (χ3v) is 3.82. The van der Waals surface area contributed by atoms with Gasteiger partial charge in [0.05, 0.1) is 5.56 Å². The first kappa shape index (κ1) is 13.3. The summed E-state index contributed by atoms with van der Waals surface area (Å²) in [4.78, 5) is 12.4. The minimum atomic E-state index is -0.511. The van der Waals surface area contributed by atoms with Crippen LogP contribution in [0.25, 0.3) is 0 Å². The van der Waals surface area contributed by atoms with Crippen molar-refractivity contribution in [2.24, 2.45) is 0 Å². The summed E-state index contributed by atoms with van der Waals surface area (Å²) in [5.74, 6) is -0.0155. The minimum Gasteiger partial charge on any atom is -0.490 e. The van der Waals surface area contributed by atoms with Gasteiger partial charge >= 0.3 is 0 Å². The number of ether oxygens (including phenoxy) is 1. The molecular weight excluding hydrogens is 323 g/mol. The Hall–Kier alpha value is -1.68. The Morgan fingerprint density at radius 3 is 2.90 bits per heavy atom. The first-order valence-electron chi connectivity index (χ1n) is 6.34. The highest BCUT2D eigenvalue weighted by molar-refractivity contribution is 9.10. The van der Waals surface area contributed by atoms with E-state index in [-0.39, 0.29) is 17.5 Å². The summed E-state index contributed by atoms with van der Waals surface area (Å²) in [7, 11) is 0. The second kappa shape index (κ2) is 5.02. The van der Waals surface area contributed by atoms with Crippen molar-refractivity contribution >= 4 is 21.7 Å². The Bertz CT molecular complexity index is 697. The standard InChI is InChI=1S/C16H12BrFO2/c1-9-6-11-7-10(2-5-15(11)20-9)16(19)13-8-12(17)3-4-14(13)18/h2-5,7-9H,6H2,1H3. The summed E-state index contributed by atoms with van der Waals surface area (Å²) in [6.07, 6.45) is 0.898. The second-order valence-corrected chi connectivity index (χ2v) is 5.82. The molecule has 1 unspecified atom stereocenters. The molecule has 2 aromatic rings. The van der Waals surface area contributed by atoms with E-state index >= 15 is 0 Å². The Kier molecular flexibility index (Phi) is 3.34. The maximum Gasteiger partial charge on any atom is 0.196 e. The van der Waals surface area contributed by atoms with Gasteiger partial charge in [0.25, 0.3) is 0 Å². The molecule has 0 radical (unpaired) electrons. The minimum absolute atomic E-state index is 0.0753. The molecule has 2 aromatic carbocycles. The van der Waals surface area contributed by atoms with Crippen molar-refractivity contribution in [3.63, 3.8) is 0 Å². The molecule has 102 valence electrons. The van der Waals surface area contributed by atoms with Gasteiger partial charge < -0.3 is 4.74 Å². The lowest BCUT2D eigenvalue weighted by atomic mass is 9.99. The third-order valence-electron chi connectivity index (χ3n) is 3.33. The Morgan fingerprint density at radius 2 is 2.10 bits per heavy atom. The number of ketones is 1. The van der Waals surface area contributed by atoms with Crippen LogP contribution in [0.15, 0.2) is 40.9 Å². The van der Waals surface area contributed by atoms with Crippen molar-refractivity contribution in [2.45, 2.75) is 19.4 Å². The molecule has 0 fully saturated rings. The molecule has 0 aliphatic carbocycles. The average Bonchev–Trinajstić information content (AvgIpc) is 2.79. The van der Waals surface area contributed by atoms with E-state index in [9.17, 15) is 9.18 Å². The maximum atomic E-state index is 13.8. The molecule has 1 heterocycles. The molecule has 1 aliphatic heterocycles. The van der Waals surface area contributed by atoms with Gasteiger partial charge in [0.1, 0.15) is 17.7 Å². The molecule has 0 spiro atoms. The monoisotopic (exact) mass is 334 g/mol. The van der Waals surface area contributed by atoms with Gasteiger partial charge in [0.15, 0.2) is 5.78 Å². The summed E-state index contributed by atoms with van der Waals surface area (Å²) in [5, 5.41) is 0. The van der Waals surface area contributed by atoms with Gasteiger partial charge in [-0.1, -0.05) is 15.9 Å². The van der Waals surface area contributed by atoms with Gasteiger partial charge in [-0.3, -0.25) is 4.79 Å². The van der Waals surface area contributed by atoms with Crippen LogP contribution in [0.4, 0.5) is 4.39 Å². The number of benzene rings is 2. The van der Waals surface area contributed by atoms with Gasteiger partial charge in [-0.2, -0.15) is 0 Å². The van der Waals surface area contributed by atoms with Gasteiger partial charge in [-0.25, -0.2) is 4.39 Å².